The number of unbranched alkanes of at least 4 members (excludes halogenated alkanes) is 7. The molecule has 1 aromatic rings. The van der Waals surface area contributed by atoms with Crippen molar-refractivity contribution in [2.45, 2.75) is 71.8 Å². The summed E-state index contributed by atoms with van der Waals surface area (Å²) in [5, 5.41) is 0. The van der Waals surface area contributed by atoms with Crippen LogP contribution in [0, 0.1) is 6.92 Å². The molecule has 0 aliphatic carbocycles. The molecule has 100 valence electrons. The third kappa shape index (κ3) is 7.58. The zero-order chi connectivity index (χ0) is 11.6. The summed E-state index contributed by atoms with van der Waals surface area (Å²) in [7, 11) is 0. The molecule has 17 heavy (non-hydrogen) atoms. The number of nitrogens with one attached hydrogen (secondary N) is 1. The number of aryl methyl sites for hydroxylation is 2. The lowest BCUT2D eigenvalue weighted by Gasteiger charge is -2.01. The molecule has 0 fully saturated rings. The van der Waals surface area contributed by atoms with Crippen molar-refractivity contribution in [1.29, 1.82) is 0 Å². The summed E-state index contributed by atoms with van der Waals surface area (Å²) in [4.78, 5) is 3.21. The van der Waals surface area contributed by atoms with Gasteiger partial charge in [-0.1, -0.05) is 45.4 Å². The van der Waals surface area contributed by atoms with Crippen LogP contribution in [0.1, 0.15) is 64.1 Å². The predicted molar refractivity (Wildman–Crippen MR) is 68.3 cm³/mol. The number of rotatable bonds is 9. The van der Waals surface area contributed by atoms with Gasteiger partial charge in [0, 0.05) is 6.92 Å². The van der Waals surface area contributed by atoms with Crippen molar-refractivity contribution in [3.8, 4) is 0 Å². The van der Waals surface area contributed by atoms with Crippen LogP contribution in [0.25, 0.3) is 0 Å². The first kappa shape index (κ1) is 16.7. The first-order valence-electron chi connectivity index (χ1n) is 6.88. The lowest BCUT2D eigenvalue weighted by Crippen LogP contribution is -3.00. The Morgan fingerprint density at radius 2 is 1.59 bits per heavy atom. The molecule has 0 unspecified atom stereocenters. The number of hydrogen-bond donors (Lipinski definition) is 1. The smallest absolute Gasteiger partial charge is 0.251 e. The van der Waals surface area contributed by atoms with Gasteiger partial charge in [-0.2, -0.15) is 0 Å². The highest BCUT2D eigenvalue weighted by atomic mass is 79.9. The van der Waals surface area contributed by atoms with Crippen LogP contribution in [-0.2, 0) is 6.54 Å². The van der Waals surface area contributed by atoms with E-state index in [2.05, 4.69) is 29.6 Å². The molecule has 2 nitrogen and oxygen atoms in total. The minimum atomic E-state index is 0. The van der Waals surface area contributed by atoms with Gasteiger partial charge in [0.25, 0.3) is 5.82 Å². The first-order chi connectivity index (χ1) is 7.84. The van der Waals surface area contributed by atoms with Crippen molar-refractivity contribution < 1.29 is 21.5 Å². The molecule has 1 aromatic heterocycles. The van der Waals surface area contributed by atoms with Gasteiger partial charge in [0.1, 0.15) is 12.4 Å². The van der Waals surface area contributed by atoms with Gasteiger partial charge < -0.3 is 17.0 Å². The van der Waals surface area contributed by atoms with Gasteiger partial charge in [0.05, 0.1) is 6.54 Å². The minimum absolute atomic E-state index is 0. The minimum Gasteiger partial charge on any atom is -1.00 e. The van der Waals surface area contributed by atoms with Gasteiger partial charge in [0.2, 0.25) is 0 Å². The van der Waals surface area contributed by atoms with Crippen molar-refractivity contribution in [2.75, 3.05) is 0 Å². The summed E-state index contributed by atoms with van der Waals surface area (Å²) in [6.07, 6.45) is 15.3. The second-order valence-electron chi connectivity index (χ2n) is 4.71. The average Bonchev–Trinajstić information content (AvgIpc) is 2.68. The Labute approximate surface area is 117 Å². The predicted octanol–water partition coefficient (Wildman–Crippen LogP) is 0.755. The van der Waals surface area contributed by atoms with E-state index in [0.29, 0.717) is 0 Å². The van der Waals surface area contributed by atoms with E-state index in [-0.39, 0.29) is 17.0 Å². The van der Waals surface area contributed by atoms with Gasteiger partial charge >= 0.3 is 0 Å². The largest absolute Gasteiger partial charge is 1.00 e. The second kappa shape index (κ2) is 10.8. The lowest BCUT2D eigenvalue weighted by molar-refractivity contribution is -0.702. The van der Waals surface area contributed by atoms with E-state index < -0.39 is 0 Å². The molecule has 0 aliphatic heterocycles. The van der Waals surface area contributed by atoms with Crippen molar-refractivity contribution in [3.05, 3.63) is 18.2 Å². The maximum Gasteiger partial charge on any atom is 0.251 e. The summed E-state index contributed by atoms with van der Waals surface area (Å²) in [6, 6.07) is 0. The molecule has 1 rings (SSSR count). The van der Waals surface area contributed by atoms with E-state index in [1.165, 1.54) is 63.7 Å². The Kier molecular flexibility index (Phi) is 10.6. The fourth-order valence-corrected chi connectivity index (χ4v) is 2.10. The number of aromatic amines is 1. The molecular formula is C14H27BrN2. The molecule has 0 aromatic carbocycles. The molecular weight excluding hydrogens is 276 g/mol. The third-order valence-corrected chi connectivity index (χ3v) is 3.23. The van der Waals surface area contributed by atoms with Crippen molar-refractivity contribution in [2.24, 2.45) is 0 Å². The normalized spacial score (nSPS) is 10.2. The SMILES string of the molecule is CCCCCCCCCC[n+]1cc[nH]c1C.[Br-]. The summed E-state index contributed by atoms with van der Waals surface area (Å²) < 4.78 is 2.30. The molecule has 0 saturated heterocycles. The number of halogens is 1. The van der Waals surface area contributed by atoms with E-state index in [4.69, 9.17) is 0 Å². The number of hydrogen-bond acceptors (Lipinski definition) is 0. The van der Waals surface area contributed by atoms with Crippen LogP contribution in [0.4, 0.5) is 0 Å². The highest BCUT2D eigenvalue weighted by Gasteiger charge is 2.02. The zero-order valence-electron chi connectivity index (χ0n) is 11.3. The standard InChI is InChI=1S/C14H26N2.BrH/c1-3-4-5-6-7-8-9-10-12-16-13-11-15-14(16)2;/h11,13H,3-10,12H2,1-2H3;1H. The van der Waals surface area contributed by atoms with E-state index in [0.717, 1.165) is 0 Å². The molecule has 0 radical (unpaired) electrons. The quantitative estimate of drug-likeness (QED) is 0.513. The van der Waals surface area contributed by atoms with Gasteiger partial charge in [-0.3, -0.25) is 0 Å². The molecule has 0 saturated carbocycles. The van der Waals surface area contributed by atoms with Crippen LogP contribution in [-0.4, -0.2) is 4.98 Å². The highest BCUT2D eigenvalue weighted by Crippen LogP contribution is 2.08. The van der Waals surface area contributed by atoms with E-state index in [9.17, 15) is 0 Å². The summed E-state index contributed by atoms with van der Waals surface area (Å²) in [5.74, 6) is 1.27. The van der Waals surface area contributed by atoms with Gasteiger partial charge in [-0.05, 0) is 12.8 Å². The van der Waals surface area contributed by atoms with Gasteiger partial charge in [0.15, 0.2) is 0 Å². The number of nitrogens with zero attached hydrogens (tertiary/aromatic N) is 1. The first-order valence-corrected chi connectivity index (χ1v) is 6.88. The van der Waals surface area contributed by atoms with Crippen LogP contribution in [0.15, 0.2) is 12.4 Å². The third-order valence-electron chi connectivity index (χ3n) is 3.23. The number of H-pyrrole nitrogens is 1. The molecule has 0 bridgehead atoms. The second-order valence-corrected chi connectivity index (χ2v) is 4.71. The van der Waals surface area contributed by atoms with Crippen molar-refractivity contribution in [3.63, 3.8) is 0 Å². The summed E-state index contributed by atoms with van der Waals surface area (Å²) in [5.41, 5.74) is 0. The monoisotopic (exact) mass is 302 g/mol. The van der Waals surface area contributed by atoms with Gasteiger partial charge in [-0.15, -0.1) is 0 Å². The van der Waals surface area contributed by atoms with E-state index in [1.54, 1.807) is 0 Å². The Bertz CT molecular complexity index is 271. The summed E-state index contributed by atoms with van der Waals surface area (Å²) in [6.45, 7) is 5.57. The molecule has 0 aliphatic rings. The lowest BCUT2D eigenvalue weighted by atomic mass is 10.1. The van der Waals surface area contributed by atoms with Gasteiger partial charge in [-0.25, -0.2) is 9.55 Å². The van der Waals surface area contributed by atoms with Crippen LogP contribution in [0.2, 0.25) is 0 Å². The molecule has 0 amide bonds. The molecule has 1 N–H and O–H groups in total. The average molecular weight is 303 g/mol. The van der Waals surface area contributed by atoms with E-state index >= 15 is 0 Å². The van der Waals surface area contributed by atoms with Crippen molar-refractivity contribution >= 4 is 0 Å². The molecule has 3 heteroatoms. The summed E-state index contributed by atoms with van der Waals surface area (Å²) >= 11 is 0. The Hall–Kier alpha value is -0.310. The maximum atomic E-state index is 3.21. The Morgan fingerprint density at radius 1 is 1.00 bits per heavy atom. The number of aromatic nitrogens is 2. The fraction of sp³-hybridized carbons (Fsp3) is 0.786. The van der Waals surface area contributed by atoms with Crippen LogP contribution >= 0.6 is 0 Å². The topological polar surface area (TPSA) is 19.7 Å². The Balaban J connectivity index is 0.00000256. The number of imidazole rings is 1. The molecule has 0 spiro atoms. The zero-order valence-corrected chi connectivity index (χ0v) is 12.9. The molecule has 1 heterocycles. The van der Waals surface area contributed by atoms with E-state index in [1.807, 2.05) is 6.20 Å². The molecule has 0 atom stereocenters. The Morgan fingerprint density at radius 3 is 2.12 bits per heavy atom. The highest BCUT2D eigenvalue weighted by molar-refractivity contribution is 4.70. The van der Waals surface area contributed by atoms with Crippen LogP contribution in [0.3, 0.4) is 0 Å². The van der Waals surface area contributed by atoms with Crippen LogP contribution < -0.4 is 21.5 Å². The van der Waals surface area contributed by atoms with Crippen molar-refractivity contribution in [1.82, 2.24) is 4.98 Å². The fourth-order valence-electron chi connectivity index (χ4n) is 2.10. The maximum absolute atomic E-state index is 3.21. The van der Waals surface area contributed by atoms with Crippen LogP contribution in [0.5, 0.6) is 0 Å².